The second kappa shape index (κ2) is 7.60. The lowest BCUT2D eigenvalue weighted by Gasteiger charge is -2.14. The average Bonchev–Trinajstić information content (AvgIpc) is 3.19. The second-order valence-electron chi connectivity index (χ2n) is 6.51. The van der Waals surface area contributed by atoms with E-state index < -0.39 is 6.10 Å². The molecule has 1 atom stereocenters. The van der Waals surface area contributed by atoms with Crippen LogP contribution in [0.5, 0.6) is 17.2 Å². The molecule has 0 fully saturated rings. The molecule has 6 heteroatoms. The second-order valence-corrected chi connectivity index (χ2v) is 6.51. The molecule has 0 radical (unpaired) electrons. The first kappa shape index (κ1) is 17.9. The van der Waals surface area contributed by atoms with Gasteiger partial charge in [-0.25, -0.2) is 5.43 Å². The Bertz CT molecular complexity index is 1060. The predicted molar refractivity (Wildman–Crippen MR) is 107 cm³/mol. The molecule has 3 aromatic carbocycles. The van der Waals surface area contributed by atoms with Crippen LogP contribution in [-0.2, 0) is 4.79 Å². The van der Waals surface area contributed by atoms with Crippen LogP contribution in [0.3, 0.4) is 0 Å². The largest absolute Gasteiger partial charge is 0.481 e. The molecule has 4 rings (SSSR count). The molecule has 0 saturated carbocycles. The molecule has 1 unspecified atom stereocenters. The first-order chi connectivity index (χ1) is 13.6. The number of nitrogens with one attached hydrogen (secondary N) is 1. The number of benzene rings is 3. The number of carbonyl (C=O) groups is 1. The highest BCUT2D eigenvalue weighted by Crippen LogP contribution is 2.32. The first-order valence-electron chi connectivity index (χ1n) is 9.00. The van der Waals surface area contributed by atoms with Gasteiger partial charge < -0.3 is 14.2 Å². The highest BCUT2D eigenvalue weighted by Gasteiger charge is 2.16. The number of hydrazone groups is 1. The van der Waals surface area contributed by atoms with Crippen LogP contribution < -0.4 is 19.6 Å². The van der Waals surface area contributed by atoms with Crippen LogP contribution in [0.2, 0.25) is 0 Å². The topological polar surface area (TPSA) is 69.2 Å². The summed E-state index contributed by atoms with van der Waals surface area (Å²) in [5.74, 6) is 1.69. The van der Waals surface area contributed by atoms with Crippen molar-refractivity contribution < 1.29 is 19.0 Å². The van der Waals surface area contributed by atoms with Gasteiger partial charge in [0.05, 0.1) is 5.71 Å². The average molecular weight is 376 g/mol. The fourth-order valence-corrected chi connectivity index (χ4v) is 2.91. The van der Waals surface area contributed by atoms with Crippen molar-refractivity contribution in [2.45, 2.75) is 20.0 Å². The molecule has 0 saturated heterocycles. The lowest BCUT2D eigenvalue weighted by Crippen LogP contribution is -2.33. The normalized spacial score (nSPS) is 14.0. The molecule has 28 heavy (non-hydrogen) atoms. The van der Waals surface area contributed by atoms with Crippen molar-refractivity contribution in [3.05, 3.63) is 66.2 Å². The minimum Gasteiger partial charge on any atom is -0.481 e. The molecule has 0 bridgehead atoms. The number of fused-ring (bicyclic) bond motifs is 2. The van der Waals surface area contributed by atoms with Gasteiger partial charge in [-0.3, -0.25) is 4.79 Å². The Morgan fingerprint density at radius 3 is 2.68 bits per heavy atom. The SMILES string of the molecule is C/C(=N\NC(=O)C(C)Oc1ccc2ccccc2c1)c1ccc2c(c1)OCO2. The molecule has 3 aromatic rings. The van der Waals surface area contributed by atoms with Gasteiger partial charge in [0.2, 0.25) is 6.79 Å². The Kier molecular flexibility index (Phi) is 4.85. The Balaban J connectivity index is 1.40. The third kappa shape index (κ3) is 3.76. The maximum Gasteiger partial charge on any atom is 0.280 e. The molecule has 1 heterocycles. The molecule has 1 amide bonds. The standard InChI is InChI=1S/C22H20N2O4/c1-14(17-8-10-20-21(12-17)27-13-26-20)23-24-22(25)15(2)28-19-9-7-16-5-3-4-6-18(16)11-19/h3-12,15H,13H2,1-2H3,(H,24,25)/b23-14+. The zero-order valence-electron chi connectivity index (χ0n) is 15.6. The van der Waals surface area contributed by atoms with Crippen molar-refractivity contribution in [2.24, 2.45) is 5.10 Å². The van der Waals surface area contributed by atoms with E-state index in [9.17, 15) is 4.79 Å². The van der Waals surface area contributed by atoms with Crippen molar-refractivity contribution >= 4 is 22.4 Å². The number of carbonyl (C=O) groups excluding carboxylic acids is 1. The van der Waals surface area contributed by atoms with Gasteiger partial charge in [-0.05, 0) is 55.0 Å². The molecule has 1 aliphatic heterocycles. The number of nitrogens with zero attached hydrogens (tertiary/aromatic N) is 1. The summed E-state index contributed by atoms with van der Waals surface area (Å²) in [6.45, 7) is 3.72. The molecule has 0 aliphatic carbocycles. The van der Waals surface area contributed by atoms with Gasteiger partial charge in [-0.15, -0.1) is 0 Å². The van der Waals surface area contributed by atoms with E-state index in [1.165, 1.54) is 0 Å². The van der Waals surface area contributed by atoms with Gasteiger partial charge in [-0.2, -0.15) is 5.10 Å². The van der Waals surface area contributed by atoms with Crippen LogP contribution in [-0.4, -0.2) is 24.5 Å². The maximum atomic E-state index is 12.3. The first-order valence-corrected chi connectivity index (χ1v) is 9.00. The minimum atomic E-state index is -0.686. The summed E-state index contributed by atoms with van der Waals surface area (Å²) in [5.41, 5.74) is 4.06. The van der Waals surface area contributed by atoms with E-state index in [1.54, 1.807) is 6.92 Å². The maximum absolute atomic E-state index is 12.3. The lowest BCUT2D eigenvalue weighted by molar-refractivity contribution is -0.127. The summed E-state index contributed by atoms with van der Waals surface area (Å²) < 4.78 is 16.4. The zero-order valence-corrected chi connectivity index (χ0v) is 15.6. The van der Waals surface area contributed by atoms with Crippen LogP contribution in [0.25, 0.3) is 10.8 Å². The van der Waals surface area contributed by atoms with Gasteiger partial charge in [0.1, 0.15) is 5.75 Å². The summed E-state index contributed by atoms with van der Waals surface area (Å²) in [4.78, 5) is 12.3. The van der Waals surface area contributed by atoms with Crippen LogP contribution in [0.15, 0.2) is 65.8 Å². The van der Waals surface area contributed by atoms with Crippen LogP contribution in [0, 0.1) is 0 Å². The zero-order chi connectivity index (χ0) is 19.5. The van der Waals surface area contributed by atoms with E-state index in [2.05, 4.69) is 10.5 Å². The van der Waals surface area contributed by atoms with Gasteiger partial charge in [0, 0.05) is 5.56 Å². The number of hydrogen-bond donors (Lipinski definition) is 1. The van der Waals surface area contributed by atoms with E-state index in [1.807, 2.05) is 67.6 Å². The third-order valence-corrected chi connectivity index (χ3v) is 4.53. The summed E-state index contributed by atoms with van der Waals surface area (Å²) in [5, 5.41) is 6.35. The van der Waals surface area contributed by atoms with Gasteiger partial charge in [-0.1, -0.05) is 30.3 Å². The van der Waals surface area contributed by atoms with Gasteiger partial charge >= 0.3 is 0 Å². The number of ether oxygens (including phenoxy) is 3. The van der Waals surface area contributed by atoms with Crippen LogP contribution in [0.4, 0.5) is 0 Å². The number of rotatable bonds is 5. The van der Waals surface area contributed by atoms with E-state index >= 15 is 0 Å². The Morgan fingerprint density at radius 2 is 1.82 bits per heavy atom. The van der Waals surface area contributed by atoms with Crippen molar-refractivity contribution in [2.75, 3.05) is 6.79 Å². The van der Waals surface area contributed by atoms with Crippen LogP contribution in [0.1, 0.15) is 19.4 Å². The van der Waals surface area contributed by atoms with E-state index in [0.29, 0.717) is 23.0 Å². The Hall–Kier alpha value is -3.54. The van der Waals surface area contributed by atoms with E-state index in [0.717, 1.165) is 16.3 Å². The fraction of sp³-hybridized carbons (Fsp3) is 0.182. The van der Waals surface area contributed by atoms with Crippen LogP contribution >= 0.6 is 0 Å². The van der Waals surface area contributed by atoms with Crippen molar-refractivity contribution in [1.82, 2.24) is 5.43 Å². The summed E-state index contributed by atoms with van der Waals surface area (Å²) in [6, 6.07) is 19.3. The third-order valence-electron chi connectivity index (χ3n) is 4.53. The summed E-state index contributed by atoms with van der Waals surface area (Å²) in [7, 11) is 0. The van der Waals surface area contributed by atoms with Crippen molar-refractivity contribution in [1.29, 1.82) is 0 Å². The summed E-state index contributed by atoms with van der Waals surface area (Å²) >= 11 is 0. The summed E-state index contributed by atoms with van der Waals surface area (Å²) in [6.07, 6.45) is -0.686. The molecular weight excluding hydrogens is 356 g/mol. The monoisotopic (exact) mass is 376 g/mol. The number of amides is 1. The molecule has 0 aromatic heterocycles. The molecule has 142 valence electrons. The Morgan fingerprint density at radius 1 is 1.04 bits per heavy atom. The molecule has 1 aliphatic rings. The highest BCUT2D eigenvalue weighted by molar-refractivity contribution is 6.00. The van der Waals surface area contributed by atoms with Gasteiger partial charge in [0.15, 0.2) is 17.6 Å². The minimum absolute atomic E-state index is 0.218. The van der Waals surface area contributed by atoms with Gasteiger partial charge in [0.25, 0.3) is 5.91 Å². The van der Waals surface area contributed by atoms with E-state index in [4.69, 9.17) is 14.2 Å². The quantitative estimate of drug-likeness (QED) is 0.542. The molecule has 1 N–H and O–H groups in total. The number of hydrogen-bond acceptors (Lipinski definition) is 5. The Labute approximate surface area is 162 Å². The highest BCUT2D eigenvalue weighted by atomic mass is 16.7. The van der Waals surface area contributed by atoms with Crippen molar-refractivity contribution in [3.8, 4) is 17.2 Å². The smallest absolute Gasteiger partial charge is 0.280 e. The van der Waals surface area contributed by atoms with E-state index in [-0.39, 0.29) is 12.7 Å². The molecule has 0 spiro atoms. The fourth-order valence-electron chi connectivity index (χ4n) is 2.91. The molecule has 6 nitrogen and oxygen atoms in total. The van der Waals surface area contributed by atoms with Crippen molar-refractivity contribution in [3.63, 3.8) is 0 Å². The lowest BCUT2D eigenvalue weighted by atomic mass is 10.1. The molecular formula is C22H20N2O4. The predicted octanol–water partition coefficient (Wildman–Crippen LogP) is 3.88.